The van der Waals surface area contributed by atoms with Crippen molar-refractivity contribution < 1.29 is 21.6 Å². The molecule has 0 amide bonds. The highest BCUT2D eigenvalue weighted by atomic mass is 35.5. The third-order valence-electron chi connectivity index (χ3n) is 6.86. The molecular weight excluding hydrogens is 555 g/mol. The van der Waals surface area contributed by atoms with E-state index in [0.29, 0.717) is 28.5 Å². The van der Waals surface area contributed by atoms with Crippen LogP contribution >= 0.6 is 11.6 Å². The normalized spacial score (nSPS) is 12.3. The lowest BCUT2D eigenvalue weighted by Crippen LogP contribution is -2.14. The molecule has 0 saturated carbocycles. The fraction of sp³-hybridized carbons (Fsp3) is 0.156. The third-order valence-corrected chi connectivity index (χ3v) is 9.50. The second-order valence-electron chi connectivity index (χ2n) is 9.84. The summed E-state index contributed by atoms with van der Waals surface area (Å²) < 4.78 is 67.0. The van der Waals surface area contributed by atoms with Gasteiger partial charge in [0.2, 0.25) is 0 Å². The molecule has 3 nitrogen and oxygen atoms in total. The second-order valence-corrected chi connectivity index (χ2v) is 12.7. The lowest BCUT2D eigenvalue weighted by molar-refractivity contribution is -0.136. The first-order chi connectivity index (χ1) is 19.0. The monoisotopic (exact) mass is 579 g/mol. The Hall–Kier alpha value is -3.68. The average Bonchev–Trinajstić information content (AvgIpc) is 2.92. The molecule has 0 bridgehead atoms. The molecule has 0 radical (unpaired) electrons. The zero-order valence-corrected chi connectivity index (χ0v) is 23.3. The third kappa shape index (κ3) is 5.36. The van der Waals surface area contributed by atoms with E-state index in [-0.39, 0.29) is 15.4 Å². The molecule has 0 atom stereocenters. The predicted molar refractivity (Wildman–Crippen MR) is 154 cm³/mol. The number of hydrogen-bond acceptors (Lipinski definition) is 3. The number of sulfone groups is 1. The molecule has 0 unspecified atom stereocenters. The van der Waals surface area contributed by atoms with Crippen LogP contribution in [0.4, 0.5) is 13.2 Å². The maximum Gasteiger partial charge on any atom is 0.418 e. The summed E-state index contributed by atoms with van der Waals surface area (Å²) in [6, 6.07) is 26.0. The van der Waals surface area contributed by atoms with Gasteiger partial charge in [-0.25, -0.2) is 8.42 Å². The molecule has 0 aliphatic heterocycles. The maximum absolute atomic E-state index is 13.9. The van der Waals surface area contributed by atoms with Crippen LogP contribution in [0.2, 0.25) is 5.02 Å². The van der Waals surface area contributed by atoms with Crippen LogP contribution < -0.4 is 0 Å². The Bertz CT molecular complexity index is 1820. The van der Waals surface area contributed by atoms with E-state index in [2.05, 4.69) is 4.98 Å². The summed E-state index contributed by atoms with van der Waals surface area (Å²) in [4.78, 5) is 4.34. The van der Waals surface area contributed by atoms with Crippen molar-refractivity contribution in [3.8, 4) is 22.3 Å². The van der Waals surface area contributed by atoms with Crippen LogP contribution in [0.15, 0.2) is 102 Å². The summed E-state index contributed by atoms with van der Waals surface area (Å²) in [5.41, 5.74) is 3.69. The molecule has 0 aliphatic rings. The van der Waals surface area contributed by atoms with E-state index in [1.165, 1.54) is 18.3 Å². The molecule has 0 aliphatic carbocycles. The molecule has 4 aromatic carbocycles. The highest BCUT2D eigenvalue weighted by Crippen LogP contribution is 2.40. The van der Waals surface area contributed by atoms with Crippen LogP contribution in [0.5, 0.6) is 0 Å². The predicted octanol–water partition coefficient (Wildman–Crippen LogP) is 9.01. The van der Waals surface area contributed by atoms with Gasteiger partial charge in [0, 0.05) is 11.6 Å². The van der Waals surface area contributed by atoms with Gasteiger partial charge in [-0.15, -0.1) is 0 Å². The van der Waals surface area contributed by atoms with Crippen molar-refractivity contribution in [2.24, 2.45) is 0 Å². The molecule has 5 rings (SSSR count). The SMILES string of the molecule is CC(C)S(=O)(=O)c1ccc(-c2cccc(-c3c(Cc4ccccc4)cnc4c(C(F)(F)F)cccc34)c2)cc1Cl. The van der Waals surface area contributed by atoms with Gasteiger partial charge >= 0.3 is 6.18 Å². The molecular formula is C32H25ClF3NO2S. The summed E-state index contributed by atoms with van der Waals surface area (Å²) in [6.45, 7) is 3.19. The van der Waals surface area contributed by atoms with E-state index >= 15 is 0 Å². The quantitative estimate of drug-likeness (QED) is 0.202. The Balaban J connectivity index is 1.69. The fourth-order valence-electron chi connectivity index (χ4n) is 4.80. The minimum absolute atomic E-state index is 0.0639. The van der Waals surface area contributed by atoms with Gasteiger partial charge in [0.25, 0.3) is 0 Å². The minimum atomic E-state index is -4.55. The second kappa shape index (κ2) is 10.7. The molecule has 0 fully saturated rings. The van der Waals surface area contributed by atoms with Gasteiger partial charge in [-0.3, -0.25) is 4.98 Å². The number of nitrogens with zero attached hydrogens (tertiary/aromatic N) is 1. The number of hydrogen-bond donors (Lipinski definition) is 0. The van der Waals surface area contributed by atoms with Gasteiger partial charge in [0.05, 0.1) is 26.2 Å². The van der Waals surface area contributed by atoms with Gasteiger partial charge in [0.15, 0.2) is 9.84 Å². The minimum Gasteiger partial charge on any atom is -0.255 e. The van der Waals surface area contributed by atoms with Gasteiger partial charge in [0.1, 0.15) is 0 Å². The van der Waals surface area contributed by atoms with E-state index < -0.39 is 26.8 Å². The Morgan fingerprint density at radius 1 is 0.825 bits per heavy atom. The Kier molecular flexibility index (Phi) is 7.46. The Morgan fingerprint density at radius 2 is 1.50 bits per heavy atom. The lowest BCUT2D eigenvalue weighted by atomic mass is 9.90. The first kappa shape index (κ1) is 27.9. The fourth-order valence-corrected chi connectivity index (χ4v) is 6.40. The number of aromatic nitrogens is 1. The maximum atomic E-state index is 13.9. The van der Waals surface area contributed by atoms with Crippen LogP contribution in [-0.4, -0.2) is 18.7 Å². The summed E-state index contributed by atoms with van der Waals surface area (Å²) in [7, 11) is -3.56. The van der Waals surface area contributed by atoms with Crippen LogP contribution in [0.3, 0.4) is 0 Å². The highest BCUT2D eigenvalue weighted by Gasteiger charge is 2.33. The molecule has 0 N–H and O–H groups in total. The van der Waals surface area contributed by atoms with Crippen molar-refractivity contribution in [1.82, 2.24) is 4.98 Å². The summed E-state index contributed by atoms with van der Waals surface area (Å²) in [5, 5.41) is -0.105. The first-order valence-electron chi connectivity index (χ1n) is 12.6. The molecule has 40 heavy (non-hydrogen) atoms. The molecule has 0 saturated heterocycles. The van der Waals surface area contributed by atoms with E-state index in [1.807, 2.05) is 54.6 Å². The van der Waals surface area contributed by atoms with Crippen LogP contribution in [0.1, 0.15) is 30.5 Å². The lowest BCUT2D eigenvalue weighted by Gasteiger charge is -2.17. The van der Waals surface area contributed by atoms with E-state index in [1.54, 1.807) is 32.0 Å². The van der Waals surface area contributed by atoms with Gasteiger partial charge in [-0.1, -0.05) is 78.3 Å². The standard InChI is InChI=1S/C32H25ClF3NO2S/c1-20(2)40(38,39)29-15-14-23(18-28(29)33)22-10-6-11-24(17-22)30-25(16-21-8-4-3-5-9-21)19-37-31-26(30)12-7-13-27(31)32(34,35)36/h3-15,17-20H,16H2,1-2H3. The Morgan fingerprint density at radius 3 is 2.17 bits per heavy atom. The molecule has 5 aromatic rings. The topological polar surface area (TPSA) is 47.0 Å². The number of pyridine rings is 1. The number of benzene rings is 4. The van der Waals surface area contributed by atoms with Crippen molar-refractivity contribution in [2.75, 3.05) is 0 Å². The van der Waals surface area contributed by atoms with Gasteiger partial charge in [-0.05, 0) is 77.9 Å². The van der Waals surface area contributed by atoms with Gasteiger partial charge < -0.3 is 0 Å². The molecule has 204 valence electrons. The molecule has 1 heterocycles. The number of halogens is 4. The van der Waals surface area contributed by atoms with Crippen LogP contribution in [-0.2, 0) is 22.4 Å². The zero-order chi connectivity index (χ0) is 28.7. The zero-order valence-electron chi connectivity index (χ0n) is 21.7. The summed E-state index contributed by atoms with van der Waals surface area (Å²) >= 11 is 6.42. The first-order valence-corrected chi connectivity index (χ1v) is 14.5. The van der Waals surface area contributed by atoms with Gasteiger partial charge in [-0.2, -0.15) is 13.2 Å². The van der Waals surface area contributed by atoms with Crippen molar-refractivity contribution in [2.45, 2.75) is 36.6 Å². The van der Waals surface area contributed by atoms with Crippen molar-refractivity contribution in [3.63, 3.8) is 0 Å². The van der Waals surface area contributed by atoms with Crippen LogP contribution in [0.25, 0.3) is 33.2 Å². The molecule has 1 aromatic heterocycles. The number of rotatable bonds is 6. The number of fused-ring (bicyclic) bond motifs is 1. The largest absolute Gasteiger partial charge is 0.418 e. The number of para-hydroxylation sites is 1. The number of alkyl halides is 3. The Labute approximate surface area is 236 Å². The van der Waals surface area contributed by atoms with Crippen molar-refractivity contribution in [3.05, 3.63) is 119 Å². The van der Waals surface area contributed by atoms with Crippen LogP contribution in [0, 0.1) is 0 Å². The summed E-state index contributed by atoms with van der Waals surface area (Å²) in [6.07, 6.45) is -2.55. The summed E-state index contributed by atoms with van der Waals surface area (Å²) in [5.74, 6) is 0. The molecule has 0 spiro atoms. The van der Waals surface area contributed by atoms with E-state index in [0.717, 1.165) is 22.8 Å². The smallest absolute Gasteiger partial charge is 0.255 e. The average molecular weight is 580 g/mol. The molecule has 8 heteroatoms. The van der Waals surface area contributed by atoms with Crippen molar-refractivity contribution >= 4 is 32.3 Å². The van der Waals surface area contributed by atoms with E-state index in [4.69, 9.17) is 11.6 Å². The highest BCUT2D eigenvalue weighted by molar-refractivity contribution is 7.92. The van der Waals surface area contributed by atoms with Crippen molar-refractivity contribution in [1.29, 1.82) is 0 Å². The van der Waals surface area contributed by atoms with E-state index in [9.17, 15) is 21.6 Å².